The molecule has 2 N–H and O–H groups in total. The monoisotopic (exact) mass is 435 g/mol. The molecule has 148 valence electrons. The number of pyridine rings is 3. The summed E-state index contributed by atoms with van der Waals surface area (Å²) in [5, 5.41) is 19.7. The number of hydrogen-bond donors (Lipinski definition) is 2. The SMILES string of the molecule is [B]c1cc(-n2c(C)cc(OC(O)(O)c3ncc(F)cc3Cl)c(Cl)c2=O)c(C)cn1. The van der Waals surface area contributed by atoms with E-state index in [0.29, 0.717) is 16.9 Å². The van der Waals surface area contributed by atoms with E-state index in [9.17, 15) is 19.4 Å². The lowest BCUT2D eigenvalue weighted by molar-refractivity contribution is -0.306. The predicted octanol–water partition coefficient (Wildman–Crippen LogP) is 1.66. The Morgan fingerprint density at radius 2 is 1.86 bits per heavy atom. The van der Waals surface area contributed by atoms with Crippen molar-refractivity contribution in [1.82, 2.24) is 14.5 Å². The Kier molecular flexibility index (Phi) is 5.69. The van der Waals surface area contributed by atoms with Gasteiger partial charge >= 0.3 is 5.97 Å². The minimum atomic E-state index is -3.07. The maximum Gasteiger partial charge on any atom is 0.370 e. The number of rotatable bonds is 4. The van der Waals surface area contributed by atoms with Crippen LogP contribution < -0.4 is 15.9 Å². The topological polar surface area (TPSA) is 97.5 Å². The molecule has 0 saturated carbocycles. The lowest BCUT2D eigenvalue weighted by atomic mass is 10.0. The smallest absolute Gasteiger partial charge is 0.370 e. The van der Waals surface area contributed by atoms with Crippen molar-refractivity contribution in [2.45, 2.75) is 19.8 Å². The van der Waals surface area contributed by atoms with Crippen LogP contribution in [0.5, 0.6) is 5.75 Å². The molecule has 0 spiro atoms. The second-order valence-electron chi connectivity index (χ2n) is 6.19. The van der Waals surface area contributed by atoms with Crippen LogP contribution in [0.25, 0.3) is 5.69 Å². The Hall–Kier alpha value is -2.46. The minimum Gasteiger partial charge on any atom is -0.433 e. The average Bonchev–Trinajstić information content (AvgIpc) is 2.62. The summed E-state index contributed by atoms with van der Waals surface area (Å²) in [7, 11) is 5.71. The van der Waals surface area contributed by atoms with Gasteiger partial charge in [0.15, 0.2) is 11.4 Å². The van der Waals surface area contributed by atoms with Crippen LogP contribution >= 0.6 is 23.2 Å². The molecule has 0 unspecified atom stereocenters. The van der Waals surface area contributed by atoms with Crippen LogP contribution in [-0.4, -0.2) is 32.6 Å². The molecule has 0 atom stereocenters. The highest BCUT2D eigenvalue weighted by Crippen LogP contribution is 2.32. The summed E-state index contributed by atoms with van der Waals surface area (Å²) >= 11 is 11.9. The standard InChI is InChI=1S/C18H13BCl2FN3O4/c1-8-6-23-14(19)5-12(8)25-9(2)3-13(15(21)17(25)26)29-18(27,28)16-11(20)4-10(22)7-24-16/h3-7,27-28H,1-2H3. The highest BCUT2D eigenvalue weighted by Gasteiger charge is 2.35. The van der Waals surface area contributed by atoms with Crippen LogP contribution in [0.4, 0.5) is 4.39 Å². The van der Waals surface area contributed by atoms with Gasteiger partial charge in [-0.3, -0.25) is 14.3 Å². The minimum absolute atomic E-state index is 0.204. The molecule has 0 amide bonds. The van der Waals surface area contributed by atoms with Gasteiger partial charge in [-0.25, -0.2) is 9.37 Å². The van der Waals surface area contributed by atoms with E-state index in [2.05, 4.69) is 9.97 Å². The quantitative estimate of drug-likeness (QED) is 0.477. The Labute approximate surface area is 175 Å². The predicted molar refractivity (Wildman–Crippen MR) is 106 cm³/mol. The first-order chi connectivity index (χ1) is 13.5. The van der Waals surface area contributed by atoms with E-state index in [4.69, 9.17) is 35.8 Å². The molecule has 0 saturated heterocycles. The van der Waals surface area contributed by atoms with Crippen molar-refractivity contribution in [2.75, 3.05) is 0 Å². The van der Waals surface area contributed by atoms with Crippen LogP contribution in [-0.2, 0) is 5.97 Å². The summed E-state index contributed by atoms with van der Waals surface area (Å²) in [6, 6.07) is 3.65. The second kappa shape index (κ2) is 7.76. The third-order valence-corrected chi connectivity index (χ3v) is 4.64. The van der Waals surface area contributed by atoms with E-state index in [1.54, 1.807) is 13.8 Å². The largest absolute Gasteiger partial charge is 0.433 e. The zero-order chi connectivity index (χ0) is 21.5. The van der Waals surface area contributed by atoms with E-state index in [1.807, 2.05) is 0 Å². The van der Waals surface area contributed by atoms with Crippen molar-refractivity contribution in [1.29, 1.82) is 0 Å². The van der Waals surface area contributed by atoms with Crippen molar-refractivity contribution in [3.8, 4) is 11.4 Å². The van der Waals surface area contributed by atoms with Gasteiger partial charge in [0.25, 0.3) is 5.56 Å². The highest BCUT2D eigenvalue weighted by atomic mass is 35.5. The number of aliphatic hydroxyl groups is 2. The molecule has 2 radical (unpaired) electrons. The Bertz CT molecular complexity index is 1170. The van der Waals surface area contributed by atoms with E-state index in [-0.39, 0.29) is 16.4 Å². The summed E-state index contributed by atoms with van der Waals surface area (Å²) < 4.78 is 19.6. The van der Waals surface area contributed by atoms with Gasteiger partial charge in [-0.1, -0.05) is 23.2 Å². The zero-order valence-electron chi connectivity index (χ0n) is 15.2. The third-order valence-electron chi connectivity index (χ3n) is 4.01. The molecule has 3 rings (SSSR count). The Morgan fingerprint density at radius 1 is 1.17 bits per heavy atom. The third kappa shape index (κ3) is 4.13. The molecular weight excluding hydrogens is 423 g/mol. The maximum atomic E-state index is 13.2. The molecule has 3 heterocycles. The van der Waals surface area contributed by atoms with Gasteiger partial charge in [-0.05, 0) is 37.1 Å². The molecule has 3 aromatic rings. The summed E-state index contributed by atoms with van der Waals surface area (Å²) in [6.45, 7) is 3.32. The van der Waals surface area contributed by atoms with Crippen molar-refractivity contribution < 1.29 is 19.3 Å². The fourth-order valence-corrected chi connectivity index (χ4v) is 3.13. The molecule has 0 aliphatic rings. The summed E-state index contributed by atoms with van der Waals surface area (Å²) in [4.78, 5) is 20.3. The van der Waals surface area contributed by atoms with Crippen molar-refractivity contribution in [2.24, 2.45) is 0 Å². The van der Waals surface area contributed by atoms with Crippen molar-refractivity contribution >= 4 is 36.6 Å². The number of hydrogen-bond acceptors (Lipinski definition) is 6. The van der Waals surface area contributed by atoms with Crippen molar-refractivity contribution in [3.05, 3.63) is 73.8 Å². The number of ether oxygens (including phenoxy) is 1. The van der Waals surface area contributed by atoms with Crippen molar-refractivity contribution in [3.63, 3.8) is 0 Å². The zero-order valence-corrected chi connectivity index (χ0v) is 16.7. The molecule has 0 aliphatic heterocycles. The van der Waals surface area contributed by atoms with Gasteiger partial charge in [-0.15, -0.1) is 0 Å². The van der Waals surface area contributed by atoms with E-state index >= 15 is 0 Å². The molecule has 29 heavy (non-hydrogen) atoms. The molecule has 7 nitrogen and oxygen atoms in total. The lowest BCUT2D eigenvalue weighted by Gasteiger charge is -2.24. The maximum absolute atomic E-state index is 13.2. The van der Waals surface area contributed by atoms with Crippen LogP contribution in [0.3, 0.4) is 0 Å². The number of aryl methyl sites for hydroxylation is 2. The second-order valence-corrected chi connectivity index (χ2v) is 6.98. The number of aromatic nitrogens is 3. The molecule has 0 aliphatic carbocycles. The van der Waals surface area contributed by atoms with Gasteiger partial charge in [0.1, 0.15) is 18.7 Å². The fraction of sp³-hybridized carbons (Fsp3) is 0.167. The average molecular weight is 436 g/mol. The lowest BCUT2D eigenvalue weighted by Crippen LogP contribution is -2.35. The van der Waals surface area contributed by atoms with Gasteiger partial charge in [0, 0.05) is 18.0 Å². The first kappa shape index (κ1) is 21.3. The first-order valence-corrected chi connectivity index (χ1v) is 8.86. The van der Waals surface area contributed by atoms with E-state index in [1.165, 1.54) is 22.9 Å². The van der Waals surface area contributed by atoms with Crippen LogP contribution in [0, 0.1) is 19.7 Å². The molecular formula is C18H13BCl2FN3O4. The van der Waals surface area contributed by atoms with Gasteiger partial charge in [0.05, 0.1) is 16.9 Å². The normalized spacial score (nSPS) is 11.6. The van der Waals surface area contributed by atoms with Gasteiger partial charge in [0.2, 0.25) is 0 Å². The number of halogens is 3. The molecule has 0 bridgehead atoms. The fourth-order valence-electron chi connectivity index (χ4n) is 2.68. The van der Waals surface area contributed by atoms with Gasteiger partial charge < -0.3 is 14.9 Å². The Morgan fingerprint density at radius 3 is 2.52 bits per heavy atom. The van der Waals surface area contributed by atoms with Gasteiger partial charge in [-0.2, -0.15) is 0 Å². The first-order valence-electron chi connectivity index (χ1n) is 8.11. The molecule has 0 fully saturated rings. The molecule has 0 aromatic carbocycles. The molecule has 11 heteroatoms. The van der Waals surface area contributed by atoms with Crippen LogP contribution in [0.1, 0.15) is 17.0 Å². The molecule has 3 aromatic heterocycles. The summed E-state index contributed by atoms with van der Waals surface area (Å²) in [5.41, 5.74) is 0.416. The van der Waals surface area contributed by atoms with Crippen LogP contribution in [0.15, 0.2) is 35.4 Å². The Balaban J connectivity index is 2.09. The van der Waals surface area contributed by atoms with E-state index in [0.717, 1.165) is 12.3 Å². The highest BCUT2D eigenvalue weighted by molar-refractivity contribution is 6.32. The summed E-state index contributed by atoms with van der Waals surface area (Å²) in [6.07, 6.45) is 2.23. The van der Waals surface area contributed by atoms with E-state index < -0.39 is 28.1 Å². The number of nitrogens with zero attached hydrogens (tertiary/aromatic N) is 3. The summed E-state index contributed by atoms with van der Waals surface area (Å²) in [5.74, 6) is -4.19. The van der Waals surface area contributed by atoms with Crippen LogP contribution in [0.2, 0.25) is 10.0 Å².